The summed E-state index contributed by atoms with van der Waals surface area (Å²) in [4.78, 5) is 14.7. The van der Waals surface area contributed by atoms with E-state index in [0.717, 1.165) is 36.5 Å². The monoisotopic (exact) mass is 384 g/mol. The Hall–Kier alpha value is -1.98. The van der Waals surface area contributed by atoms with E-state index >= 15 is 0 Å². The third-order valence-electron chi connectivity index (χ3n) is 5.57. The zero-order chi connectivity index (χ0) is 20.3. The molecule has 0 bridgehead atoms. The Balaban J connectivity index is 1.44. The molecular weight excluding hydrogens is 352 g/mol. The first-order valence-electron chi connectivity index (χ1n) is 10.2. The molecule has 2 atom stereocenters. The molecule has 0 amide bonds. The Bertz CT molecular complexity index is 789. The molecule has 1 aromatic heterocycles. The second-order valence-corrected chi connectivity index (χ2v) is 9.08. The maximum atomic E-state index is 12.5. The number of aliphatic hydroxyl groups excluding tert-OH is 1. The van der Waals surface area contributed by atoms with Gasteiger partial charge in [0.15, 0.2) is 5.78 Å². The highest BCUT2D eigenvalue weighted by Gasteiger charge is 2.31. The smallest absolute Gasteiger partial charge is 0.162 e. The molecule has 0 saturated carbocycles. The van der Waals surface area contributed by atoms with Gasteiger partial charge in [0.1, 0.15) is 5.76 Å². The fourth-order valence-corrected chi connectivity index (χ4v) is 3.86. The van der Waals surface area contributed by atoms with Crippen molar-refractivity contribution in [2.45, 2.75) is 58.5 Å². The van der Waals surface area contributed by atoms with Crippen molar-refractivity contribution >= 4 is 5.78 Å². The van der Waals surface area contributed by atoms with Crippen LogP contribution in [0.1, 0.15) is 61.0 Å². The number of aryl methyl sites for hydroxylation is 1. The van der Waals surface area contributed by atoms with Gasteiger partial charge in [0, 0.05) is 43.5 Å². The summed E-state index contributed by atoms with van der Waals surface area (Å²) in [6.45, 7) is 10.7. The van der Waals surface area contributed by atoms with E-state index < -0.39 is 0 Å². The van der Waals surface area contributed by atoms with Crippen molar-refractivity contribution in [1.29, 1.82) is 0 Å². The number of hydrogen-bond donors (Lipinski definition) is 1. The van der Waals surface area contributed by atoms with Gasteiger partial charge in [0.25, 0.3) is 0 Å². The molecule has 5 nitrogen and oxygen atoms in total. The highest BCUT2D eigenvalue weighted by Crippen LogP contribution is 2.24. The Morgan fingerprint density at radius 2 is 1.96 bits per heavy atom. The maximum Gasteiger partial charge on any atom is 0.162 e. The van der Waals surface area contributed by atoms with E-state index in [1.54, 1.807) is 0 Å². The third-order valence-corrected chi connectivity index (χ3v) is 5.57. The van der Waals surface area contributed by atoms with Gasteiger partial charge in [-0.1, -0.05) is 50.2 Å². The molecule has 3 rings (SSSR count). The fraction of sp³-hybridized carbons (Fsp3) is 0.565. The average Bonchev–Trinajstić information content (AvgIpc) is 3.20. The summed E-state index contributed by atoms with van der Waals surface area (Å²) in [6, 6.07) is 9.93. The summed E-state index contributed by atoms with van der Waals surface area (Å²) in [6.07, 6.45) is 1.69. The van der Waals surface area contributed by atoms with Crippen LogP contribution in [0.3, 0.4) is 0 Å². The van der Waals surface area contributed by atoms with Crippen molar-refractivity contribution in [3.05, 3.63) is 52.9 Å². The van der Waals surface area contributed by atoms with Gasteiger partial charge in [0.2, 0.25) is 0 Å². The van der Waals surface area contributed by atoms with E-state index in [4.69, 9.17) is 4.52 Å². The largest absolute Gasteiger partial charge is 0.391 e. The van der Waals surface area contributed by atoms with E-state index in [0.29, 0.717) is 19.4 Å². The van der Waals surface area contributed by atoms with Crippen LogP contribution in [0.25, 0.3) is 0 Å². The van der Waals surface area contributed by atoms with E-state index in [1.165, 1.54) is 5.56 Å². The first-order valence-corrected chi connectivity index (χ1v) is 10.2. The summed E-state index contributed by atoms with van der Waals surface area (Å²) in [5.74, 6) is 1.18. The zero-order valence-corrected chi connectivity index (χ0v) is 17.4. The number of aliphatic hydroxyl groups is 1. The highest BCUT2D eigenvalue weighted by atomic mass is 16.5. The third kappa shape index (κ3) is 5.30. The van der Waals surface area contributed by atoms with Gasteiger partial charge in [-0.15, -0.1) is 0 Å². The molecule has 1 N–H and O–H groups in total. The minimum atomic E-state index is -0.356. The number of hydrogen-bond acceptors (Lipinski definition) is 5. The Morgan fingerprint density at radius 1 is 1.25 bits per heavy atom. The number of benzene rings is 1. The minimum absolute atomic E-state index is 0.0963. The second kappa shape index (κ2) is 8.58. The van der Waals surface area contributed by atoms with Gasteiger partial charge in [-0.3, -0.25) is 4.79 Å². The van der Waals surface area contributed by atoms with Gasteiger partial charge in [-0.25, -0.2) is 0 Å². The highest BCUT2D eigenvalue weighted by molar-refractivity contribution is 5.96. The van der Waals surface area contributed by atoms with Crippen LogP contribution >= 0.6 is 0 Å². The van der Waals surface area contributed by atoms with Crippen LogP contribution in [0.5, 0.6) is 0 Å². The van der Waals surface area contributed by atoms with Crippen molar-refractivity contribution < 1.29 is 14.4 Å². The average molecular weight is 385 g/mol. The molecule has 1 aliphatic rings. The SMILES string of the molecule is Cc1cc(C[C@@H]2CN(CCCC(=O)c3ccc(C(C)(C)C)cc3)C[C@H]2O)on1. The number of nitrogens with zero attached hydrogens (tertiary/aromatic N) is 2. The topological polar surface area (TPSA) is 66.6 Å². The zero-order valence-electron chi connectivity index (χ0n) is 17.4. The van der Waals surface area contributed by atoms with Crippen LogP contribution in [-0.2, 0) is 11.8 Å². The van der Waals surface area contributed by atoms with Gasteiger partial charge in [-0.2, -0.15) is 0 Å². The Kier molecular flexibility index (Phi) is 6.36. The van der Waals surface area contributed by atoms with E-state index in [1.807, 2.05) is 25.1 Å². The summed E-state index contributed by atoms with van der Waals surface area (Å²) < 4.78 is 5.28. The molecule has 0 aliphatic carbocycles. The quantitative estimate of drug-likeness (QED) is 0.736. The van der Waals surface area contributed by atoms with E-state index in [9.17, 15) is 9.90 Å². The van der Waals surface area contributed by atoms with Crippen molar-refractivity contribution in [2.24, 2.45) is 5.92 Å². The van der Waals surface area contributed by atoms with Crippen molar-refractivity contribution in [2.75, 3.05) is 19.6 Å². The van der Waals surface area contributed by atoms with Crippen LogP contribution in [0.2, 0.25) is 0 Å². The standard InChI is InChI=1S/C23H32N2O3/c1-16-12-20(28-24-16)13-18-14-25(15-22(18)27)11-5-6-21(26)17-7-9-19(10-8-17)23(2,3)4/h7-10,12,18,22,27H,5-6,11,13-15H2,1-4H3/t18-,22-/m1/s1. The molecule has 1 fully saturated rings. The van der Waals surface area contributed by atoms with Gasteiger partial charge in [-0.05, 0) is 30.9 Å². The molecule has 1 saturated heterocycles. The Labute approximate surface area is 167 Å². The van der Waals surface area contributed by atoms with Crippen molar-refractivity contribution in [3.63, 3.8) is 0 Å². The number of ketones is 1. The number of likely N-dealkylation sites (tertiary alicyclic amines) is 1. The number of rotatable bonds is 7. The van der Waals surface area contributed by atoms with Crippen molar-refractivity contribution in [1.82, 2.24) is 10.1 Å². The number of β-amino-alcohol motifs (C(OH)–C–C–N with tert-alkyl or cyclic N) is 1. The number of Topliss-reactive ketones (excluding diaryl/α,β-unsaturated/α-hetero) is 1. The summed E-state index contributed by atoms with van der Waals surface area (Å²) in [5.41, 5.74) is 2.99. The molecule has 1 aromatic carbocycles. The second-order valence-electron chi connectivity index (χ2n) is 9.08. The molecule has 0 unspecified atom stereocenters. The minimum Gasteiger partial charge on any atom is -0.391 e. The number of carbonyl (C=O) groups is 1. The molecule has 0 radical (unpaired) electrons. The van der Waals surface area contributed by atoms with Crippen LogP contribution in [0, 0.1) is 12.8 Å². The summed E-state index contributed by atoms with van der Waals surface area (Å²) in [5, 5.41) is 14.2. The van der Waals surface area contributed by atoms with Gasteiger partial charge >= 0.3 is 0 Å². The van der Waals surface area contributed by atoms with Crippen LogP contribution in [-0.4, -0.2) is 46.7 Å². The Morgan fingerprint density at radius 3 is 2.57 bits per heavy atom. The predicted octanol–water partition coefficient (Wildman–Crippen LogP) is 3.78. The lowest BCUT2D eigenvalue weighted by Gasteiger charge is -2.19. The van der Waals surface area contributed by atoms with E-state index in [2.05, 4.69) is 43.0 Å². The number of carbonyl (C=O) groups excluding carboxylic acids is 1. The lowest BCUT2D eigenvalue weighted by molar-refractivity contribution is 0.0975. The molecule has 152 valence electrons. The normalized spacial score (nSPS) is 20.6. The van der Waals surface area contributed by atoms with Gasteiger partial charge in [0.05, 0.1) is 11.8 Å². The molecule has 5 heteroatoms. The first-order chi connectivity index (χ1) is 13.2. The van der Waals surface area contributed by atoms with Crippen LogP contribution in [0.15, 0.2) is 34.9 Å². The van der Waals surface area contributed by atoms with E-state index in [-0.39, 0.29) is 23.2 Å². The van der Waals surface area contributed by atoms with Crippen molar-refractivity contribution in [3.8, 4) is 0 Å². The van der Waals surface area contributed by atoms with Crippen LogP contribution < -0.4 is 0 Å². The van der Waals surface area contributed by atoms with Crippen LogP contribution in [0.4, 0.5) is 0 Å². The fourth-order valence-electron chi connectivity index (χ4n) is 3.86. The summed E-state index contributed by atoms with van der Waals surface area (Å²) in [7, 11) is 0. The molecule has 2 aromatic rings. The molecule has 28 heavy (non-hydrogen) atoms. The molecule has 0 spiro atoms. The molecular formula is C23H32N2O3. The molecule has 2 heterocycles. The lowest BCUT2D eigenvalue weighted by Crippen LogP contribution is -2.23. The lowest BCUT2D eigenvalue weighted by atomic mass is 9.86. The maximum absolute atomic E-state index is 12.5. The summed E-state index contributed by atoms with van der Waals surface area (Å²) >= 11 is 0. The first kappa shape index (κ1) is 20.7. The number of aromatic nitrogens is 1. The van der Waals surface area contributed by atoms with Gasteiger partial charge < -0.3 is 14.5 Å². The molecule has 1 aliphatic heterocycles. The predicted molar refractivity (Wildman–Crippen MR) is 110 cm³/mol.